The molecule has 1 aromatic heterocycles. The Kier molecular flexibility index (Phi) is 8.57. The minimum atomic E-state index is -1.12. The van der Waals surface area contributed by atoms with Gasteiger partial charge < -0.3 is 24.3 Å². The molecule has 3 aromatic carbocycles. The van der Waals surface area contributed by atoms with E-state index in [4.69, 9.17) is 37.4 Å². The lowest BCUT2D eigenvalue weighted by Gasteiger charge is -2.35. The van der Waals surface area contributed by atoms with E-state index in [0.29, 0.717) is 42.0 Å². The Hall–Kier alpha value is -3.23. The van der Waals surface area contributed by atoms with Crippen molar-refractivity contribution >= 4 is 40.2 Å². The summed E-state index contributed by atoms with van der Waals surface area (Å²) in [6, 6.07) is 19.9. The number of benzene rings is 3. The number of hydrogen-bond donors (Lipinski definition) is 2. The first kappa shape index (κ1) is 28.3. The van der Waals surface area contributed by atoms with Crippen LogP contribution in [0.1, 0.15) is 49.6 Å². The lowest BCUT2D eigenvalue weighted by Crippen LogP contribution is -2.42. The van der Waals surface area contributed by atoms with Crippen molar-refractivity contribution in [2.24, 2.45) is 0 Å². The molecule has 5 rings (SSSR count). The second kappa shape index (κ2) is 12.1. The van der Waals surface area contributed by atoms with Crippen molar-refractivity contribution in [2.45, 2.75) is 44.9 Å². The Morgan fingerprint density at radius 1 is 0.975 bits per heavy atom. The largest absolute Gasteiger partial charge is 0.494 e. The number of aliphatic hydroxyl groups is 1. The SMILES string of the molecule is CC(C)(O)OCCCCOc1ccc(C2c3[nH]c4ccc(Cl)cc4c3CCN2C(=O)Oc2ccc(Cl)cc2)cc1. The van der Waals surface area contributed by atoms with Gasteiger partial charge in [0.25, 0.3) is 0 Å². The summed E-state index contributed by atoms with van der Waals surface area (Å²) in [6.07, 6.45) is 1.80. The third-order valence-corrected chi connectivity index (χ3v) is 7.29. The van der Waals surface area contributed by atoms with Crippen molar-refractivity contribution in [3.8, 4) is 11.5 Å². The van der Waals surface area contributed by atoms with Crippen molar-refractivity contribution < 1.29 is 24.1 Å². The third-order valence-electron chi connectivity index (χ3n) is 6.80. The number of unbranched alkanes of at least 4 members (excludes halogenated alkanes) is 1. The van der Waals surface area contributed by atoms with Gasteiger partial charge in [0.05, 0.1) is 13.2 Å². The van der Waals surface area contributed by atoms with E-state index in [0.717, 1.165) is 46.3 Å². The fraction of sp³-hybridized carbons (Fsp3) is 0.323. The average Bonchev–Trinajstić information content (AvgIpc) is 3.29. The van der Waals surface area contributed by atoms with Gasteiger partial charge in [-0.05, 0) is 98.8 Å². The molecule has 1 aliphatic rings. The monoisotopic (exact) mass is 582 g/mol. The van der Waals surface area contributed by atoms with Gasteiger partial charge in [0, 0.05) is 33.2 Å². The van der Waals surface area contributed by atoms with Crippen LogP contribution in [0.25, 0.3) is 10.9 Å². The van der Waals surface area contributed by atoms with Gasteiger partial charge in [-0.1, -0.05) is 35.3 Å². The molecule has 2 heterocycles. The molecule has 0 saturated heterocycles. The summed E-state index contributed by atoms with van der Waals surface area (Å²) in [4.78, 5) is 18.7. The number of H-pyrrole nitrogens is 1. The van der Waals surface area contributed by atoms with Gasteiger partial charge >= 0.3 is 6.09 Å². The van der Waals surface area contributed by atoms with Crippen LogP contribution in [0.3, 0.4) is 0 Å². The molecule has 9 heteroatoms. The number of nitrogens with one attached hydrogen (secondary N) is 1. The van der Waals surface area contributed by atoms with E-state index in [9.17, 15) is 9.90 Å². The summed E-state index contributed by atoms with van der Waals surface area (Å²) in [5.74, 6) is 0.0446. The van der Waals surface area contributed by atoms with Crippen molar-refractivity contribution in [2.75, 3.05) is 19.8 Å². The van der Waals surface area contributed by atoms with E-state index in [-0.39, 0.29) is 6.04 Å². The lowest BCUT2D eigenvalue weighted by molar-refractivity contribution is -0.176. The van der Waals surface area contributed by atoms with Gasteiger partial charge in [0.1, 0.15) is 17.5 Å². The molecule has 4 aromatic rings. The molecule has 0 fully saturated rings. The van der Waals surface area contributed by atoms with Crippen LogP contribution in [-0.4, -0.2) is 46.6 Å². The summed E-state index contributed by atoms with van der Waals surface area (Å²) in [5, 5.41) is 11.9. The topological polar surface area (TPSA) is 84.0 Å². The van der Waals surface area contributed by atoms with Gasteiger partial charge in [-0.15, -0.1) is 0 Å². The average molecular weight is 584 g/mol. The van der Waals surface area contributed by atoms with Crippen LogP contribution in [0.2, 0.25) is 10.0 Å². The smallest absolute Gasteiger partial charge is 0.416 e. The van der Waals surface area contributed by atoms with Crippen LogP contribution in [0.5, 0.6) is 11.5 Å². The number of carbonyl (C=O) groups excluding carboxylic acids is 1. The van der Waals surface area contributed by atoms with Gasteiger partial charge in [0.2, 0.25) is 0 Å². The number of aromatic nitrogens is 1. The quantitative estimate of drug-likeness (QED) is 0.157. The first-order valence-corrected chi connectivity index (χ1v) is 14.1. The highest BCUT2D eigenvalue weighted by atomic mass is 35.5. The summed E-state index contributed by atoms with van der Waals surface area (Å²) in [7, 11) is 0. The predicted molar refractivity (Wildman–Crippen MR) is 156 cm³/mol. The summed E-state index contributed by atoms with van der Waals surface area (Å²) >= 11 is 12.3. The van der Waals surface area contributed by atoms with Crippen molar-refractivity contribution in [3.05, 3.63) is 93.6 Å². The highest BCUT2D eigenvalue weighted by molar-refractivity contribution is 6.31. The molecular formula is C31H32Cl2N2O5. The van der Waals surface area contributed by atoms with Crippen LogP contribution in [-0.2, 0) is 11.2 Å². The number of amides is 1. The molecule has 1 amide bonds. The zero-order valence-corrected chi connectivity index (χ0v) is 24.0. The summed E-state index contributed by atoms with van der Waals surface area (Å²) in [6.45, 7) is 4.71. The molecular weight excluding hydrogens is 551 g/mol. The predicted octanol–water partition coefficient (Wildman–Crippen LogP) is 7.53. The molecule has 0 bridgehead atoms. The first-order chi connectivity index (χ1) is 19.2. The molecule has 0 radical (unpaired) electrons. The Balaban J connectivity index is 1.36. The van der Waals surface area contributed by atoms with Gasteiger partial charge in [-0.2, -0.15) is 0 Å². The maximum Gasteiger partial charge on any atom is 0.416 e. The number of rotatable bonds is 9. The second-order valence-corrected chi connectivity index (χ2v) is 11.2. The fourth-order valence-electron chi connectivity index (χ4n) is 4.93. The Labute approximate surface area is 243 Å². The zero-order valence-electron chi connectivity index (χ0n) is 22.5. The molecule has 0 aliphatic carbocycles. The molecule has 1 atom stereocenters. The number of hydrogen-bond acceptors (Lipinski definition) is 5. The molecule has 1 unspecified atom stereocenters. The van der Waals surface area contributed by atoms with Crippen LogP contribution in [0, 0.1) is 0 Å². The van der Waals surface area contributed by atoms with Crippen molar-refractivity contribution in [1.82, 2.24) is 9.88 Å². The van der Waals surface area contributed by atoms with E-state index < -0.39 is 11.9 Å². The maximum atomic E-state index is 13.5. The minimum Gasteiger partial charge on any atom is -0.494 e. The third kappa shape index (κ3) is 6.73. The molecule has 0 spiro atoms. The van der Waals surface area contributed by atoms with Gasteiger partial charge in [0.15, 0.2) is 5.79 Å². The second-order valence-electron chi connectivity index (χ2n) is 10.3. The lowest BCUT2D eigenvalue weighted by atomic mass is 9.92. The summed E-state index contributed by atoms with van der Waals surface area (Å²) < 4.78 is 17.0. The number of aromatic amines is 1. The van der Waals surface area contributed by atoms with Crippen LogP contribution >= 0.6 is 23.2 Å². The molecule has 40 heavy (non-hydrogen) atoms. The summed E-state index contributed by atoms with van der Waals surface area (Å²) in [5.41, 5.74) is 3.99. The molecule has 2 N–H and O–H groups in total. The highest BCUT2D eigenvalue weighted by Crippen LogP contribution is 2.40. The Morgan fingerprint density at radius 2 is 1.65 bits per heavy atom. The van der Waals surface area contributed by atoms with E-state index >= 15 is 0 Å². The standard InChI is InChI=1S/C31H32Cl2N2O5/c1-31(2,37)39-18-4-3-17-38-23-10-5-20(6-11-23)29-28-25(26-19-22(33)9-14-27(26)34-28)15-16-35(29)30(36)40-24-12-7-21(32)8-13-24/h5-14,19,29,34,37H,3-4,15-18H2,1-2H3. The van der Waals surface area contributed by atoms with Crippen molar-refractivity contribution in [3.63, 3.8) is 0 Å². The number of nitrogens with zero attached hydrogens (tertiary/aromatic N) is 1. The molecule has 0 saturated carbocycles. The van der Waals surface area contributed by atoms with Gasteiger partial charge in [-0.25, -0.2) is 4.79 Å². The molecule has 210 valence electrons. The number of ether oxygens (including phenoxy) is 3. The van der Waals surface area contributed by atoms with Crippen molar-refractivity contribution in [1.29, 1.82) is 0 Å². The fourth-order valence-corrected chi connectivity index (χ4v) is 5.23. The number of carbonyl (C=O) groups is 1. The normalized spacial score (nSPS) is 15.2. The maximum absolute atomic E-state index is 13.5. The van der Waals surface area contributed by atoms with Crippen LogP contribution in [0.4, 0.5) is 4.79 Å². The number of fused-ring (bicyclic) bond motifs is 3. The van der Waals surface area contributed by atoms with Gasteiger partial charge in [-0.3, -0.25) is 4.90 Å². The van der Waals surface area contributed by atoms with E-state index in [1.165, 1.54) is 0 Å². The molecule has 1 aliphatic heterocycles. The minimum absolute atomic E-state index is 0.386. The van der Waals surface area contributed by atoms with E-state index in [1.807, 2.05) is 42.5 Å². The Morgan fingerprint density at radius 3 is 2.38 bits per heavy atom. The highest BCUT2D eigenvalue weighted by Gasteiger charge is 2.35. The van der Waals surface area contributed by atoms with Crippen LogP contribution < -0.4 is 9.47 Å². The van der Waals surface area contributed by atoms with E-state index in [1.54, 1.807) is 43.0 Å². The number of halogens is 2. The Bertz CT molecular complexity index is 1460. The first-order valence-electron chi connectivity index (χ1n) is 13.3. The zero-order chi connectivity index (χ0) is 28.3. The van der Waals surface area contributed by atoms with Crippen LogP contribution in [0.15, 0.2) is 66.7 Å². The van der Waals surface area contributed by atoms with E-state index in [2.05, 4.69) is 4.98 Å². The molecule has 7 nitrogen and oxygen atoms in total.